The third-order valence-corrected chi connectivity index (χ3v) is 5.97. The van der Waals surface area contributed by atoms with Crippen molar-refractivity contribution in [1.82, 2.24) is 5.32 Å². The van der Waals surface area contributed by atoms with Gasteiger partial charge in [-0.15, -0.1) is 0 Å². The van der Waals surface area contributed by atoms with E-state index in [9.17, 15) is 4.79 Å². The van der Waals surface area contributed by atoms with Gasteiger partial charge < -0.3 is 15.8 Å². The molecule has 1 aliphatic carbocycles. The second-order valence-electron chi connectivity index (χ2n) is 5.82. The van der Waals surface area contributed by atoms with Gasteiger partial charge in [0.25, 0.3) is 0 Å². The van der Waals surface area contributed by atoms with Crippen LogP contribution in [0, 0.1) is 5.41 Å². The molecule has 2 rings (SSSR count). The predicted molar refractivity (Wildman–Crippen MR) is 74.6 cm³/mol. The van der Waals surface area contributed by atoms with Gasteiger partial charge in [0, 0.05) is 17.3 Å². The van der Waals surface area contributed by atoms with E-state index in [0.717, 1.165) is 6.54 Å². The first kappa shape index (κ1) is 14.2. The summed E-state index contributed by atoms with van der Waals surface area (Å²) in [7, 11) is 0. The SMILES string of the molecule is CSC1(CNC(=O)C2(C)COCC2N)CCCC1. The zero-order valence-corrected chi connectivity index (χ0v) is 12.1. The molecule has 0 aromatic rings. The van der Waals surface area contributed by atoms with E-state index in [1.165, 1.54) is 25.7 Å². The maximum atomic E-state index is 12.3. The molecule has 1 heterocycles. The van der Waals surface area contributed by atoms with Crippen molar-refractivity contribution in [3.05, 3.63) is 0 Å². The maximum Gasteiger partial charge on any atom is 0.229 e. The van der Waals surface area contributed by atoms with Crippen LogP contribution >= 0.6 is 11.8 Å². The lowest BCUT2D eigenvalue weighted by Gasteiger charge is -2.31. The topological polar surface area (TPSA) is 64.3 Å². The Morgan fingerprint density at radius 1 is 1.50 bits per heavy atom. The molecule has 104 valence electrons. The minimum atomic E-state index is -0.557. The van der Waals surface area contributed by atoms with Gasteiger partial charge in [0.15, 0.2) is 0 Å². The molecule has 4 nitrogen and oxygen atoms in total. The van der Waals surface area contributed by atoms with Gasteiger partial charge in [0.2, 0.25) is 5.91 Å². The van der Waals surface area contributed by atoms with Crippen LogP contribution in [0.25, 0.3) is 0 Å². The number of hydrogen-bond donors (Lipinski definition) is 2. The molecule has 1 saturated carbocycles. The molecule has 1 amide bonds. The number of ether oxygens (including phenoxy) is 1. The number of hydrogen-bond acceptors (Lipinski definition) is 4. The fourth-order valence-electron chi connectivity index (χ4n) is 2.84. The summed E-state index contributed by atoms with van der Waals surface area (Å²) in [6.45, 7) is 3.58. The van der Waals surface area contributed by atoms with Gasteiger partial charge in [-0.3, -0.25) is 4.79 Å². The molecule has 2 atom stereocenters. The van der Waals surface area contributed by atoms with Gasteiger partial charge in [-0.1, -0.05) is 12.8 Å². The highest BCUT2D eigenvalue weighted by molar-refractivity contribution is 8.00. The van der Waals surface area contributed by atoms with E-state index in [4.69, 9.17) is 10.5 Å². The van der Waals surface area contributed by atoms with E-state index in [1.54, 1.807) is 0 Å². The summed E-state index contributed by atoms with van der Waals surface area (Å²) in [4.78, 5) is 12.3. The zero-order valence-electron chi connectivity index (χ0n) is 11.3. The highest BCUT2D eigenvalue weighted by atomic mass is 32.2. The average molecular weight is 272 g/mol. The van der Waals surface area contributed by atoms with Crippen LogP contribution in [-0.4, -0.2) is 42.7 Å². The molecule has 0 bridgehead atoms. The second-order valence-corrected chi connectivity index (χ2v) is 7.09. The Kier molecular flexibility index (Phi) is 4.24. The predicted octanol–water partition coefficient (Wildman–Crippen LogP) is 1.14. The highest BCUT2D eigenvalue weighted by Crippen LogP contribution is 2.39. The molecule has 3 N–H and O–H groups in total. The number of rotatable bonds is 4. The molecule has 0 spiro atoms. The number of nitrogens with one attached hydrogen (secondary N) is 1. The maximum absolute atomic E-state index is 12.3. The smallest absolute Gasteiger partial charge is 0.229 e. The summed E-state index contributed by atoms with van der Waals surface area (Å²) in [5.41, 5.74) is 5.41. The third kappa shape index (κ3) is 2.53. The molecule has 0 aromatic carbocycles. The summed E-state index contributed by atoms with van der Waals surface area (Å²) < 4.78 is 5.57. The van der Waals surface area contributed by atoms with E-state index >= 15 is 0 Å². The Morgan fingerprint density at radius 3 is 2.67 bits per heavy atom. The van der Waals surface area contributed by atoms with Gasteiger partial charge in [-0.25, -0.2) is 0 Å². The van der Waals surface area contributed by atoms with Crippen LogP contribution in [0.5, 0.6) is 0 Å². The molecule has 0 radical (unpaired) electrons. The van der Waals surface area contributed by atoms with Crippen molar-refractivity contribution in [2.75, 3.05) is 26.0 Å². The van der Waals surface area contributed by atoms with Crippen molar-refractivity contribution >= 4 is 17.7 Å². The molecule has 2 unspecified atom stereocenters. The summed E-state index contributed by atoms with van der Waals surface area (Å²) in [5, 5.41) is 3.11. The lowest BCUT2D eigenvalue weighted by atomic mass is 9.84. The van der Waals surface area contributed by atoms with Gasteiger partial charge in [-0.05, 0) is 26.0 Å². The van der Waals surface area contributed by atoms with Crippen LogP contribution < -0.4 is 11.1 Å². The summed E-state index contributed by atoms with van der Waals surface area (Å²) in [6, 6.07) is -0.189. The van der Waals surface area contributed by atoms with E-state index in [0.29, 0.717) is 13.2 Å². The number of nitrogens with two attached hydrogens (primary N) is 1. The van der Waals surface area contributed by atoms with Crippen molar-refractivity contribution < 1.29 is 9.53 Å². The summed E-state index contributed by atoms with van der Waals surface area (Å²) in [5.74, 6) is 0.0489. The molecule has 5 heteroatoms. The quantitative estimate of drug-likeness (QED) is 0.805. The van der Waals surface area contributed by atoms with Crippen molar-refractivity contribution in [3.8, 4) is 0 Å². The molecule has 2 aliphatic rings. The molecule has 0 aromatic heterocycles. The molecular formula is C13H24N2O2S. The first-order valence-electron chi connectivity index (χ1n) is 6.69. The van der Waals surface area contributed by atoms with E-state index in [2.05, 4.69) is 11.6 Å². The van der Waals surface area contributed by atoms with E-state index < -0.39 is 5.41 Å². The van der Waals surface area contributed by atoms with E-state index in [-0.39, 0.29) is 16.7 Å². The first-order chi connectivity index (χ1) is 8.52. The van der Waals surface area contributed by atoms with E-state index in [1.807, 2.05) is 18.7 Å². The Labute approximate surface area is 113 Å². The third-order valence-electron chi connectivity index (χ3n) is 4.56. The van der Waals surface area contributed by atoms with Crippen molar-refractivity contribution in [2.24, 2.45) is 11.1 Å². The number of amides is 1. The monoisotopic (exact) mass is 272 g/mol. The van der Waals surface area contributed by atoms with Crippen LogP contribution in [0.15, 0.2) is 0 Å². The van der Waals surface area contributed by atoms with Crippen LogP contribution in [0.1, 0.15) is 32.6 Å². The normalized spacial score (nSPS) is 34.7. The number of carbonyl (C=O) groups is 1. The lowest BCUT2D eigenvalue weighted by Crippen LogP contribution is -2.52. The molecular weight excluding hydrogens is 248 g/mol. The minimum Gasteiger partial charge on any atom is -0.379 e. The Balaban J connectivity index is 1.91. The molecule has 1 saturated heterocycles. The highest BCUT2D eigenvalue weighted by Gasteiger charge is 2.45. The Morgan fingerprint density at radius 2 is 2.17 bits per heavy atom. The van der Waals surface area contributed by atoms with Crippen molar-refractivity contribution in [1.29, 1.82) is 0 Å². The Hall–Kier alpha value is -0.260. The van der Waals surface area contributed by atoms with Gasteiger partial charge in [0.05, 0.1) is 18.6 Å². The van der Waals surface area contributed by atoms with Gasteiger partial charge in [-0.2, -0.15) is 11.8 Å². The van der Waals surface area contributed by atoms with Crippen LogP contribution in [0.2, 0.25) is 0 Å². The largest absolute Gasteiger partial charge is 0.379 e. The van der Waals surface area contributed by atoms with Crippen molar-refractivity contribution in [3.63, 3.8) is 0 Å². The van der Waals surface area contributed by atoms with Gasteiger partial charge >= 0.3 is 0 Å². The Bertz CT molecular complexity index is 318. The standard InChI is InChI=1S/C13H24N2O2S/c1-12(9-17-7-10(12)14)11(16)15-8-13(18-2)5-3-4-6-13/h10H,3-9,14H2,1-2H3,(H,15,16). The second kappa shape index (κ2) is 5.39. The molecule has 18 heavy (non-hydrogen) atoms. The zero-order chi connectivity index (χ0) is 13.2. The van der Waals surface area contributed by atoms with Crippen LogP contribution in [-0.2, 0) is 9.53 Å². The van der Waals surface area contributed by atoms with Crippen LogP contribution in [0.4, 0.5) is 0 Å². The van der Waals surface area contributed by atoms with Gasteiger partial charge in [0.1, 0.15) is 0 Å². The number of thioether (sulfide) groups is 1. The fourth-order valence-corrected chi connectivity index (χ4v) is 3.75. The van der Waals surface area contributed by atoms with Crippen molar-refractivity contribution in [2.45, 2.75) is 43.4 Å². The summed E-state index contributed by atoms with van der Waals surface area (Å²) in [6.07, 6.45) is 7.10. The van der Waals surface area contributed by atoms with Crippen LogP contribution in [0.3, 0.4) is 0 Å². The fraction of sp³-hybridized carbons (Fsp3) is 0.923. The lowest BCUT2D eigenvalue weighted by molar-refractivity contribution is -0.130. The average Bonchev–Trinajstić information content (AvgIpc) is 2.96. The number of carbonyl (C=O) groups excluding carboxylic acids is 1. The summed E-state index contributed by atoms with van der Waals surface area (Å²) >= 11 is 1.89. The minimum absolute atomic E-state index is 0.0489. The first-order valence-corrected chi connectivity index (χ1v) is 7.92. The molecule has 2 fully saturated rings. The molecule has 1 aliphatic heterocycles.